The summed E-state index contributed by atoms with van der Waals surface area (Å²) in [7, 11) is 0. The molecular weight excluding hydrogens is 444 g/mol. The maximum Gasteiger partial charge on any atom is 0.231 e. The van der Waals surface area contributed by atoms with Gasteiger partial charge in [-0.05, 0) is 49.6 Å². The van der Waals surface area contributed by atoms with Gasteiger partial charge in [-0.1, -0.05) is 48.7 Å². The smallest absolute Gasteiger partial charge is 0.231 e. The number of aromatic nitrogens is 4. The van der Waals surface area contributed by atoms with Gasteiger partial charge in [0.1, 0.15) is 5.54 Å². The first kappa shape index (κ1) is 22.3. The summed E-state index contributed by atoms with van der Waals surface area (Å²) in [5, 5.41) is 22.6. The largest absolute Gasteiger partial charge is 0.337 e. The zero-order chi connectivity index (χ0) is 22.6. The quantitative estimate of drug-likeness (QED) is 0.527. The molecule has 3 aromatic rings. The Morgan fingerprint density at radius 1 is 1.22 bits per heavy atom. The number of benzene rings is 1. The first-order chi connectivity index (χ1) is 15.5. The summed E-state index contributed by atoms with van der Waals surface area (Å²) in [6, 6.07) is 11.7. The molecule has 0 bridgehead atoms. The highest BCUT2D eigenvalue weighted by molar-refractivity contribution is 7.99. The summed E-state index contributed by atoms with van der Waals surface area (Å²) >= 11 is 7.67. The number of nitrogens with zero attached hydrogens (tertiary/aromatic N) is 5. The maximum absolute atomic E-state index is 12.7. The van der Waals surface area contributed by atoms with Crippen LogP contribution in [0.5, 0.6) is 0 Å². The Morgan fingerprint density at radius 3 is 2.69 bits per heavy atom. The summed E-state index contributed by atoms with van der Waals surface area (Å²) < 4.78 is 1.91. The molecule has 0 radical (unpaired) electrons. The van der Waals surface area contributed by atoms with E-state index < -0.39 is 5.54 Å². The zero-order valence-electron chi connectivity index (χ0n) is 17.7. The summed E-state index contributed by atoms with van der Waals surface area (Å²) in [6.07, 6.45) is 7.81. The Hall–Kier alpha value is -2.89. The molecule has 2 heterocycles. The SMILES string of the molecule is Cc1c(Cl)cccc1-n1c(SCC(=O)NC2(C#N)CCCCC2)nnc1-c1ccncc1. The number of carbonyl (C=O) groups is 1. The predicted octanol–water partition coefficient (Wildman–Crippen LogP) is 4.73. The topological polar surface area (TPSA) is 96.5 Å². The molecule has 1 amide bonds. The first-order valence-corrected chi connectivity index (χ1v) is 11.9. The number of hydrogen-bond acceptors (Lipinski definition) is 6. The van der Waals surface area contributed by atoms with Gasteiger partial charge in [0.05, 0.1) is 17.5 Å². The molecular formula is C23H23ClN6OS. The lowest BCUT2D eigenvalue weighted by atomic mass is 9.83. The molecule has 1 N–H and O–H groups in total. The van der Waals surface area contributed by atoms with Crippen molar-refractivity contribution in [2.75, 3.05) is 5.75 Å². The van der Waals surface area contributed by atoms with E-state index in [1.807, 2.05) is 41.8 Å². The van der Waals surface area contributed by atoms with Gasteiger partial charge in [-0.2, -0.15) is 5.26 Å². The molecule has 0 unspecified atom stereocenters. The molecule has 4 rings (SSSR count). The lowest BCUT2D eigenvalue weighted by Gasteiger charge is -2.31. The summed E-state index contributed by atoms with van der Waals surface area (Å²) in [5.74, 6) is 0.597. The van der Waals surface area contributed by atoms with Gasteiger partial charge in [0.25, 0.3) is 0 Å². The number of rotatable bonds is 6. The molecule has 32 heavy (non-hydrogen) atoms. The predicted molar refractivity (Wildman–Crippen MR) is 125 cm³/mol. The maximum atomic E-state index is 12.7. The van der Waals surface area contributed by atoms with Gasteiger partial charge in [0.2, 0.25) is 5.91 Å². The van der Waals surface area contributed by atoms with Crippen molar-refractivity contribution in [1.29, 1.82) is 5.26 Å². The number of pyridine rings is 1. The van der Waals surface area contributed by atoms with Crippen molar-refractivity contribution in [2.45, 2.75) is 49.7 Å². The highest BCUT2D eigenvalue weighted by Crippen LogP contribution is 2.32. The fraction of sp³-hybridized carbons (Fsp3) is 0.348. The second-order valence-corrected chi connectivity index (χ2v) is 9.20. The van der Waals surface area contributed by atoms with E-state index in [1.54, 1.807) is 12.4 Å². The third kappa shape index (κ3) is 4.64. The average molecular weight is 467 g/mol. The number of halogens is 1. The van der Waals surface area contributed by atoms with E-state index in [-0.39, 0.29) is 11.7 Å². The summed E-state index contributed by atoms with van der Waals surface area (Å²) in [5.41, 5.74) is 1.84. The minimum Gasteiger partial charge on any atom is -0.337 e. The van der Waals surface area contributed by atoms with Gasteiger partial charge < -0.3 is 5.32 Å². The number of carbonyl (C=O) groups excluding carboxylic acids is 1. The minimum absolute atomic E-state index is 0.136. The fourth-order valence-corrected chi connectivity index (χ4v) is 4.87. The van der Waals surface area contributed by atoms with Crippen LogP contribution in [0.1, 0.15) is 37.7 Å². The molecule has 1 fully saturated rings. The molecule has 1 aliphatic rings. The molecule has 0 saturated heterocycles. The molecule has 2 aromatic heterocycles. The molecule has 1 aromatic carbocycles. The van der Waals surface area contributed by atoms with Crippen LogP contribution < -0.4 is 5.32 Å². The molecule has 0 atom stereocenters. The van der Waals surface area contributed by atoms with Crippen molar-refractivity contribution in [3.8, 4) is 23.1 Å². The zero-order valence-corrected chi connectivity index (χ0v) is 19.3. The molecule has 164 valence electrons. The van der Waals surface area contributed by atoms with Crippen LogP contribution >= 0.6 is 23.4 Å². The van der Waals surface area contributed by atoms with E-state index in [0.717, 1.165) is 36.1 Å². The van der Waals surface area contributed by atoms with Crippen molar-refractivity contribution >= 4 is 29.3 Å². The lowest BCUT2D eigenvalue weighted by molar-refractivity contribution is -0.120. The Labute approximate surface area is 196 Å². The van der Waals surface area contributed by atoms with E-state index in [1.165, 1.54) is 11.8 Å². The second-order valence-electron chi connectivity index (χ2n) is 7.85. The average Bonchev–Trinajstić information content (AvgIpc) is 3.24. The second kappa shape index (κ2) is 9.72. The van der Waals surface area contributed by atoms with Crippen molar-refractivity contribution in [1.82, 2.24) is 25.1 Å². The van der Waals surface area contributed by atoms with Crippen molar-refractivity contribution in [3.63, 3.8) is 0 Å². The van der Waals surface area contributed by atoms with Crippen LogP contribution in [-0.4, -0.2) is 36.9 Å². The number of nitriles is 1. The van der Waals surface area contributed by atoms with E-state index in [9.17, 15) is 10.1 Å². The Morgan fingerprint density at radius 2 is 1.97 bits per heavy atom. The lowest BCUT2D eigenvalue weighted by Crippen LogP contribution is -2.49. The van der Waals surface area contributed by atoms with Crippen LogP contribution in [0.4, 0.5) is 0 Å². The number of amides is 1. The van der Waals surface area contributed by atoms with Crippen molar-refractivity contribution in [3.05, 3.63) is 53.3 Å². The third-order valence-electron chi connectivity index (χ3n) is 5.68. The summed E-state index contributed by atoms with van der Waals surface area (Å²) in [6.45, 7) is 1.94. The number of hydrogen-bond donors (Lipinski definition) is 1. The van der Waals surface area contributed by atoms with Crippen molar-refractivity contribution < 1.29 is 4.79 Å². The van der Waals surface area contributed by atoms with Crippen LogP contribution in [0.2, 0.25) is 5.02 Å². The standard InChI is InChI=1S/C23H23ClN6OS/c1-16-18(24)6-5-7-19(16)30-21(17-8-12-26-13-9-17)28-29-22(30)32-14-20(31)27-23(15-25)10-3-2-4-11-23/h5-9,12-13H,2-4,10-11,14H2,1H3,(H,27,31). The monoisotopic (exact) mass is 466 g/mol. The highest BCUT2D eigenvalue weighted by Gasteiger charge is 2.33. The number of thioether (sulfide) groups is 1. The van der Waals surface area contributed by atoms with Gasteiger partial charge in [0.15, 0.2) is 11.0 Å². The first-order valence-electron chi connectivity index (χ1n) is 10.5. The van der Waals surface area contributed by atoms with Gasteiger partial charge in [-0.25, -0.2) is 0 Å². The molecule has 0 aliphatic heterocycles. The van der Waals surface area contributed by atoms with Crippen LogP contribution in [0.3, 0.4) is 0 Å². The van der Waals surface area contributed by atoms with E-state index in [2.05, 4.69) is 26.6 Å². The van der Waals surface area contributed by atoms with E-state index in [0.29, 0.717) is 28.8 Å². The van der Waals surface area contributed by atoms with Crippen molar-refractivity contribution in [2.24, 2.45) is 0 Å². The van der Waals surface area contributed by atoms with Crippen LogP contribution in [-0.2, 0) is 4.79 Å². The molecule has 1 saturated carbocycles. The third-order valence-corrected chi connectivity index (χ3v) is 7.02. The minimum atomic E-state index is -0.755. The molecule has 9 heteroatoms. The normalized spacial score (nSPS) is 15.2. The van der Waals surface area contributed by atoms with Gasteiger partial charge >= 0.3 is 0 Å². The van der Waals surface area contributed by atoms with Crippen LogP contribution in [0.25, 0.3) is 17.1 Å². The van der Waals surface area contributed by atoms with Crippen LogP contribution in [0.15, 0.2) is 47.9 Å². The summed E-state index contributed by atoms with van der Waals surface area (Å²) in [4.78, 5) is 16.8. The van der Waals surface area contributed by atoms with Gasteiger partial charge in [-0.15, -0.1) is 10.2 Å². The highest BCUT2D eigenvalue weighted by atomic mass is 35.5. The van der Waals surface area contributed by atoms with Gasteiger partial charge in [0, 0.05) is 23.0 Å². The van der Waals surface area contributed by atoms with E-state index in [4.69, 9.17) is 11.6 Å². The Bertz CT molecular complexity index is 1150. The molecule has 1 aliphatic carbocycles. The van der Waals surface area contributed by atoms with Gasteiger partial charge in [-0.3, -0.25) is 14.3 Å². The fourth-order valence-electron chi connectivity index (χ4n) is 3.96. The van der Waals surface area contributed by atoms with Crippen LogP contribution in [0, 0.1) is 18.3 Å². The Balaban J connectivity index is 1.62. The molecule has 7 nitrogen and oxygen atoms in total. The molecule has 0 spiro atoms. The number of nitrogens with one attached hydrogen (secondary N) is 1. The Kier molecular flexibility index (Phi) is 6.77. The van der Waals surface area contributed by atoms with E-state index >= 15 is 0 Å².